The smallest absolute Gasteiger partial charge is 0.132 e. The van der Waals surface area contributed by atoms with Gasteiger partial charge in [0.25, 0.3) is 0 Å². The number of aromatic hydroxyl groups is 2. The van der Waals surface area contributed by atoms with Crippen LogP contribution in [-0.2, 0) is 0 Å². The Morgan fingerprint density at radius 1 is 0.667 bits per heavy atom. The van der Waals surface area contributed by atoms with E-state index in [-0.39, 0.29) is 11.5 Å². The SMILES string of the molecule is CCCCCCC#Cc1cc(O)c(C#CCCCCCC)cc1O. The van der Waals surface area contributed by atoms with Crippen molar-refractivity contribution in [3.05, 3.63) is 23.3 Å². The molecule has 2 nitrogen and oxygen atoms in total. The second-order valence-corrected chi connectivity index (χ2v) is 6.11. The highest BCUT2D eigenvalue weighted by molar-refractivity contribution is 5.57. The minimum atomic E-state index is 0.0872. The summed E-state index contributed by atoms with van der Waals surface area (Å²) in [4.78, 5) is 0. The lowest BCUT2D eigenvalue weighted by atomic mass is 10.1. The Bertz CT molecular complexity index is 553. The van der Waals surface area contributed by atoms with Crippen LogP contribution in [0, 0.1) is 23.7 Å². The van der Waals surface area contributed by atoms with Gasteiger partial charge in [-0.1, -0.05) is 76.1 Å². The molecule has 0 amide bonds. The van der Waals surface area contributed by atoms with Gasteiger partial charge in [0.15, 0.2) is 0 Å². The van der Waals surface area contributed by atoms with Crippen molar-refractivity contribution in [1.29, 1.82) is 0 Å². The third-order valence-electron chi connectivity index (χ3n) is 3.87. The quantitative estimate of drug-likeness (QED) is 0.363. The van der Waals surface area contributed by atoms with E-state index >= 15 is 0 Å². The number of unbranched alkanes of at least 4 members (excludes halogenated alkanes) is 8. The maximum absolute atomic E-state index is 10.0. The number of phenols is 2. The molecular formula is C22H30O2. The van der Waals surface area contributed by atoms with Crippen molar-refractivity contribution in [2.24, 2.45) is 0 Å². The van der Waals surface area contributed by atoms with Gasteiger partial charge in [-0.25, -0.2) is 0 Å². The zero-order chi connectivity index (χ0) is 17.6. The molecule has 0 atom stereocenters. The summed E-state index contributed by atoms with van der Waals surface area (Å²) in [5.41, 5.74) is 0.938. The summed E-state index contributed by atoms with van der Waals surface area (Å²) in [6, 6.07) is 3.02. The van der Waals surface area contributed by atoms with Gasteiger partial charge >= 0.3 is 0 Å². The topological polar surface area (TPSA) is 40.5 Å². The number of hydrogen-bond donors (Lipinski definition) is 2. The molecule has 0 bridgehead atoms. The summed E-state index contributed by atoms with van der Waals surface area (Å²) in [7, 11) is 0. The zero-order valence-corrected chi connectivity index (χ0v) is 15.1. The predicted octanol–water partition coefficient (Wildman–Crippen LogP) is 5.74. The lowest BCUT2D eigenvalue weighted by Gasteiger charge is -2.01. The average molecular weight is 326 g/mol. The molecule has 0 saturated carbocycles. The fourth-order valence-corrected chi connectivity index (χ4v) is 2.37. The van der Waals surface area contributed by atoms with Crippen LogP contribution in [0.25, 0.3) is 0 Å². The molecule has 0 aliphatic rings. The predicted molar refractivity (Wildman–Crippen MR) is 101 cm³/mol. The normalized spacial score (nSPS) is 9.75. The molecular weight excluding hydrogens is 296 g/mol. The molecule has 0 aliphatic carbocycles. The Hall–Kier alpha value is -2.06. The lowest BCUT2D eigenvalue weighted by Crippen LogP contribution is -1.83. The van der Waals surface area contributed by atoms with Crippen molar-refractivity contribution < 1.29 is 10.2 Å². The standard InChI is InChI=1S/C22H30O2/c1-3-5-7-9-11-13-15-19-17-22(24)20(18-21(19)23)16-14-12-10-8-6-4-2/h17-18,23-24H,3-12H2,1-2H3. The molecule has 0 spiro atoms. The second-order valence-electron chi connectivity index (χ2n) is 6.11. The number of benzene rings is 1. The first kappa shape index (κ1) is 20.0. The molecule has 0 radical (unpaired) electrons. The van der Waals surface area contributed by atoms with Gasteiger partial charge in [-0.2, -0.15) is 0 Å². The Labute approximate surface area is 147 Å². The first-order valence-corrected chi connectivity index (χ1v) is 9.22. The molecule has 1 aromatic carbocycles. The van der Waals surface area contributed by atoms with Crippen molar-refractivity contribution in [1.82, 2.24) is 0 Å². The van der Waals surface area contributed by atoms with Crippen LogP contribution < -0.4 is 0 Å². The van der Waals surface area contributed by atoms with E-state index in [1.807, 2.05) is 0 Å². The first-order chi connectivity index (χ1) is 11.7. The number of phenolic OH excluding ortho intramolecular Hbond substituents is 2. The van der Waals surface area contributed by atoms with Crippen LogP contribution in [-0.4, -0.2) is 10.2 Å². The summed E-state index contributed by atoms with van der Waals surface area (Å²) in [6.45, 7) is 4.37. The highest BCUT2D eigenvalue weighted by atomic mass is 16.3. The van der Waals surface area contributed by atoms with Crippen molar-refractivity contribution in [3.63, 3.8) is 0 Å². The van der Waals surface area contributed by atoms with E-state index in [4.69, 9.17) is 0 Å². The van der Waals surface area contributed by atoms with Gasteiger partial charge in [0, 0.05) is 25.0 Å². The molecule has 1 aromatic rings. The van der Waals surface area contributed by atoms with Gasteiger partial charge in [0.05, 0.1) is 11.1 Å². The van der Waals surface area contributed by atoms with Crippen molar-refractivity contribution in [2.75, 3.05) is 0 Å². The third kappa shape index (κ3) is 7.98. The number of rotatable bonds is 8. The van der Waals surface area contributed by atoms with Gasteiger partial charge in [0.2, 0.25) is 0 Å². The molecule has 2 N–H and O–H groups in total. The van der Waals surface area contributed by atoms with Crippen molar-refractivity contribution >= 4 is 0 Å². The molecule has 0 saturated heterocycles. The van der Waals surface area contributed by atoms with E-state index in [0.29, 0.717) is 11.1 Å². The molecule has 1 rings (SSSR count). The van der Waals surface area contributed by atoms with Crippen molar-refractivity contribution in [3.8, 4) is 35.2 Å². The average Bonchev–Trinajstić information content (AvgIpc) is 2.57. The molecule has 130 valence electrons. The summed E-state index contributed by atoms with van der Waals surface area (Å²) in [6.07, 6.45) is 11.1. The molecule has 0 unspecified atom stereocenters. The molecule has 24 heavy (non-hydrogen) atoms. The maximum atomic E-state index is 10.0. The Morgan fingerprint density at radius 2 is 1.08 bits per heavy atom. The molecule has 0 heterocycles. The van der Waals surface area contributed by atoms with Gasteiger partial charge < -0.3 is 10.2 Å². The molecule has 2 heteroatoms. The maximum Gasteiger partial charge on any atom is 0.132 e. The second kappa shape index (κ2) is 12.4. The van der Waals surface area contributed by atoms with E-state index in [0.717, 1.165) is 25.7 Å². The van der Waals surface area contributed by atoms with Crippen LogP contribution in [0.4, 0.5) is 0 Å². The molecule has 0 fully saturated rings. The van der Waals surface area contributed by atoms with E-state index in [2.05, 4.69) is 37.5 Å². The van der Waals surface area contributed by atoms with Crippen molar-refractivity contribution in [2.45, 2.75) is 78.1 Å². The van der Waals surface area contributed by atoms with Gasteiger partial charge in [-0.05, 0) is 12.8 Å². The number of hydrogen-bond acceptors (Lipinski definition) is 2. The van der Waals surface area contributed by atoms with E-state index in [1.54, 1.807) is 0 Å². The van der Waals surface area contributed by atoms with E-state index in [9.17, 15) is 10.2 Å². The Morgan fingerprint density at radius 3 is 1.46 bits per heavy atom. The van der Waals surface area contributed by atoms with Crippen LogP contribution in [0.5, 0.6) is 11.5 Å². The molecule has 0 aliphatic heterocycles. The lowest BCUT2D eigenvalue weighted by molar-refractivity contribution is 0.457. The van der Waals surface area contributed by atoms with Gasteiger partial charge in [-0.3, -0.25) is 0 Å². The summed E-state index contributed by atoms with van der Waals surface area (Å²) < 4.78 is 0. The Kier molecular flexibility index (Phi) is 10.3. The zero-order valence-electron chi connectivity index (χ0n) is 15.1. The fraction of sp³-hybridized carbons (Fsp3) is 0.545. The minimum Gasteiger partial charge on any atom is -0.507 e. The van der Waals surface area contributed by atoms with Crippen LogP contribution in [0.2, 0.25) is 0 Å². The summed E-state index contributed by atoms with van der Waals surface area (Å²) in [5, 5.41) is 20.1. The van der Waals surface area contributed by atoms with E-state index in [1.165, 1.54) is 50.7 Å². The highest BCUT2D eigenvalue weighted by Crippen LogP contribution is 2.26. The van der Waals surface area contributed by atoms with Gasteiger partial charge in [0.1, 0.15) is 11.5 Å². The summed E-state index contributed by atoms with van der Waals surface area (Å²) >= 11 is 0. The minimum absolute atomic E-state index is 0.0872. The van der Waals surface area contributed by atoms with Crippen LogP contribution in [0.3, 0.4) is 0 Å². The van der Waals surface area contributed by atoms with Crippen LogP contribution in [0.15, 0.2) is 12.1 Å². The largest absolute Gasteiger partial charge is 0.507 e. The van der Waals surface area contributed by atoms with Gasteiger partial charge in [-0.15, -0.1) is 0 Å². The monoisotopic (exact) mass is 326 g/mol. The van der Waals surface area contributed by atoms with Crippen LogP contribution >= 0.6 is 0 Å². The Balaban J connectivity index is 2.59. The van der Waals surface area contributed by atoms with Crippen LogP contribution in [0.1, 0.15) is 89.2 Å². The third-order valence-corrected chi connectivity index (χ3v) is 3.87. The fourth-order valence-electron chi connectivity index (χ4n) is 2.37. The van der Waals surface area contributed by atoms with E-state index < -0.39 is 0 Å². The highest BCUT2D eigenvalue weighted by Gasteiger charge is 2.05. The first-order valence-electron chi connectivity index (χ1n) is 9.22. The molecule has 0 aromatic heterocycles. The summed E-state index contributed by atoms with van der Waals surface area (Å²) in [5.74, 6) is 12.2.